The molecule has 76 valence electrons. The van der Waals surface area contributed by atoms with Gasteiger partial charge in [0.1, 0.15) is 0 Å². The zero-order chi connectivity index (χ0) is 10.6. The fourth-order valence-electron chi connectivity index (χ4n) is 1.44. The van der Waals surface area contributed by atoms with Gasteiger partial charge in [-0.1, -0.05) is 23.7 Å². The second kappa shape index (κ2) is 5.18. The Balaban J connectivity index is 2.78. The van der Waals surface area contributed by atoms with Crippen LogP contribution in [0.4, 0.5) is 0 Å². The highest BCUT2D eigenvalue weighted by molar-refractivity contribution is 6.30. The molecule has 0 radical (unpaired) electrons. The standard InChI is InChI=1S/C12H16ClN/c1-3-4-5-12(14)10-6-9(2)7-11(13)8-10/h3,6-8,12H,1,4-5,14H2,2H3. The molecule has 0 aromatic heterocycles. The molecular formula is C12H16ClN. The highest BCUT2D eigenvalue weighted by Gasteiger charge is 2.06. The van der Waals surface area contributed by atoms with Crippen LogP contribution in [0.15, 0.2) is 30.9 Å². The van der Waals surface area contributed by atoms with Crippen molar-refractivity contribution in [2.24, 2.45) is 5.73 Å². The first kappa shape index (κ1) is 11.3. The van der Waals surface area contributed by atoms with Crippen molar-refractivity contribution in [2.45, 2.75) is 25.8 Å². The van der Waals surface area contributed by atoms with E-state index in [2.05, 4.69) is 12.6 Å². The van der Waals surface area contributed by atoms with Gasteiger partial charge in [-0.2, -0.15) is 0 Å². The Labute approximate surface area is 90.6 Å². The highest BCUT2D eigenvalue weighted by Crippen LogP contribution is 2.21. The lowest BCUT2D eigenvalue weighted by Gasteiger charge is -2.11. The molecule has 0 bridgehead atoms. The van der Waals surface area contributed by atoms with E-state index in [4.69, 9.17) is 17.3 Å². The van der Waals surface area contributed by atoms with E-state index in [1.807, 2.05) is 25.1 Å². The van der Waals surface area contributed by atoms with E-state index in [1.165, 1.54) is 0 Å². The zero-order valence-corrected chi connectivity index (χ0v) is 9.22. The van der Waals surface area contributed by atoms with E-state index >= 15 is 0 Å². The fraction of sp³-hybridized carbons (Fsp3) is 0.333. The van der Waals surface area contributed by atoms with E-state index in [1.54, 1.807) is 0 Å². The van der Waals surface area contributed by atoms with Crippen molar-refractivity contribution in [3.05, 3.63) is 47.0 Å². The Morgan fingerprint density at radius 3 is 2.79 bits per heavy atom. The van der Waals surface area contributed by atoms with Gasteiger partial charge in [0, 0.05) is 11.1 Å². The molecule has 1 rings (SSSR count). The van der Waals surface area contributed by atoms with Crippen molar-refractivity contribution in [1.29, 1.82) is 0 Å². The van der Waals surface area contributed by atoms with Gasteiger partial charge in [-0.05, 0) is 43.0 Å². The smallest absolute Gasteiger partial charge is 0.0411 e. The Morgan fingerprint density at radius 1 is 1.50 bits per heavy atom. The predicted molar refractivity (Wildman–Crippen MR) is 62.5 cm³/mol. The summed E-state index contributed by atoms with van der Waals surface area (Å²) < 4.78 is 0. The number of hydrogen-bond donors (Lipinski definition) is 1. The molecule has 1 unspecified atom stereocenters. The molecule has 0 aliphatic heterocycles. The van der Waals surface area contributed by atoms with E-state index in [9.17, 15) is 0 Å². The molecule has 1 atom stereocenters. The average Bonchev–Trinajstić information content (AvgIpc) is 2.12. The van der Waals surface area contributed by atoms with Crippen molar-refractivity contribution in [3.63, 3.8) is 0 Å². The molecule has 0 spiro atoms. The predicted octanol–water partition coefficient (Wildman–Crippen LogP) is 3.61. The fourth-order valence-corrected chi connectivity index (χ4v) is 1.74. The largest absolute Gasteiger partial charge is 0.324 e. The Morgan fingerprint density at radius 2 is 2.21 bits per heavy atom. The molecule has 0 saturated heterocycles. The molecule has 0 aliphatic carbocycles. The molecule has 1 nitrogen and oxygen atoms in total. The summed E-state index contributed by atoms with van der Waals surface area (Å²) in [5.74, 6) is 0. The van der Waals surface area contributed by atoms with Gasteiger partial charge in [0.25, 0.3) is 0 Å². The highest BCUT2D eigenvalue weighted by atomic mass is 35.5. The maximum atomic E-state index is 6.01. The summed E-state index contributed by atoms with van der Waals surface area (Å²) in [4.78, 5) is 0. The normalized spacial score (nSPS) is 12.5. The quantitative estimate of drug-likeness (QED) is 0.754. The monoisotopic (exact) mass is 209 g/mol. The molecular weight excluding hydrogens is 194 g/mol. The number of hydrogen-bond acceptors (Lipinski definition) is 1. The van der Waals surface area contributed by atoms with Gasteiger partial charge in [-0.25, -0.2) is 0 Å². The summed E-state index contributed by atoms with van der Waals surface area (Å²) in [7, 11) is 0. The van der Waals surface area contributed by atoms with Gasteiger partial charge in [0.15, 0.2) is 0 Å². The van der Waals surface area contributed by atoms with Gasteiger partial charge in [0.05, 0.1) is 0 Å². The van der Waals surface area contributed by atoms with Crippen LogP contribution in [0, 0.1) is 6.92 Å². The molecule has 0 saturated carbocycles. The number of benzene rings is 1. The van der Waals surface area contributed by atoms with Crippen LogP contribution in [0.25, 0.3) is 0 Å². The van der Waals surface area contributed by atoms with Gasteiger partial charge < -0.3 is 5.73 Å². The van der Waals surface area contributed by atoms with Crippen molar-refractivity contribution in [1.82, 2.24) is 0 Å². The molecule has 14 heavy (non-hydrogen) atoms. The second-order valence-electron chi connectivity index (χ2n) is 3.53. The van der Waals surface area contributed by atoms with Crippen LogP contribution in [0.2, 0.25) is 5.02 Å². The van der Waals surface area contributed by atoms with E-state index < -0.39 is 0 Å². The molecule has 1 aromatic carbocycles. The molecule has 1 aromatic rings. The molecule has 0 heterocycles. The third kappa shape index (κ3) is 3.17. The first-order chi connectivity index (χ1) is 6.63. The van der Waals surface area contributed by atoms with E-state index in [-0.39, 0.29) is 6.04 Å². The number of nitrogens with two attached hydrogens (primary N) is 1. The topological polar surface area (TPSA) is 26.0 Å². The SMILES string of the molecule is C=CCCC(N)c1cc(C)cc(Cl)c1. The number of rotatable bonds is 4. The van der Waals surface area contributed by atoms with E-state index in [0.717, 1.165) is 29.0 Å². The zero-order valence-electron chi connectivity index (χ0n) is 8.46. The van der Waals surface area contributed by atoms with Crippen LogP contribution >= 0.6 is 11.6 Å². The van der Waals surface area contributed by atoms with Crippen molar-refractivity contribution in [2.75, 3.05) is 0 Å². The lowest BCUT2D eigenvalue weighted by molar-refractivity contribution is 0.661. The number of allylic oxidation sites excluding steroid dienone is 1. The summed E-state index contributed by atoms with van der Waals surface area (Å²) in [5.41, 5.74) is 8.27. The van der Waals surface area contributed by atoms with E-state index in [0.29, 0.717) is 0 Å². The molecule has 0 aliphatic rings. The molecule has 0 fully saturated rings. The van der Waals surface area contributed by atoms with Gasteiger partial charge >= 0.3 is 0 Å². The van der Waals surface area contributed by atoms with Crippen LogP contribution < -0.4 is 5.73 Å². The first-order valence-corrected chi connectivity index (χ1v) is 5.15. The lowest BCUT2D eigenvalue weighted by Crippen LogP contribution is -2.09. The molecule has 2 N–H and O–H groups in total. The van der Waals surface area contributed by atoms with Gasteiger partial charge in [0.2, 0.25) is 0 Å². The van der Waals surface area contributed by atoms with Gasteiger partial charge in [-0.3, -0.25) is 0 Å². The minimum Gasteiger partial charge on any atom is -0.324 e. The van der Waals surface area contributed by atoms with Crippen LogP contribution in [0.3, 0.4) is 0 Å². The van der Waals surface area contributed by atoms with Crippen molar-refractivity contribution < 1.29 is 0 Å². The van der Waals surface area contributed by atoms with Crippen molar-refractivity contribution >= 4 is 11.6 Å². The second-order valence-corrected chi connectivity index (χ2v) is 3.97. The van der Waals surface area contributed by atoms with Crippen LogP contribution in [0.5, 0.6) is 0 Å². The minimum atomic E-state index is 0.0606. The van der Waals surface area contributed by atoms with Gasteiger partial charge in [-0.15, -0.1) is 6.58 Å². The Kier molecular flexibility index (Phi) is 4.18. The summed E-state index contributed by atoms with van der Waals surface area (Å²) >= 11 is 5.95. The van der Waals surface area contributed by atoms with Crippen LogP contribution in [-0.2, 0) is 0 Å². The maximum absolute atomic E-state index is 6.01. The Bertz CT molecular complexity index is 300. The first-order valence-electron chi connectivity index (χ1n) is 4.77. The summed E-state index contributed by atoms with van der Waals surface area (Å²) in [6.45, 7) is 5.70. The summed E-state index contributed by atoms with van der Waals surface area (Å²) in [6.07, 6.45) is 3.74. The summed E-state index contributed by atoms with van der Waals surface area (Å²) in [6, 6.07) is 6.01. The van der Waals surface area contributed by atoms with Crippen LogP contribution in [-0.4, -0.2) is 0 Å². The van der Waals surface area contributed by atoms with Crippen LogP contribution in [0.1, 0.15) is 30.0 Å². The Hall–Kier alpha value is -0.790. The number of halogens is 1. The maximum Gasteiger partial charge on any atom is 0.0411 e. The summed E-state index contributed by atoms with van der Waals surface area (Å²) in [5, 5.41) is 0.758. The minimum absolute atomic E-state index is 0.0606. The lowest BCUT2D eigenvalue weighted by atomic mass is 10.0. The molecule has 0 amide bonds. The third-order valence-corrected chi connectivity index (χ3v) is 2.39. The number of aryl methyl sites for hydroxylation is 1. The average molecular weight is 210 g/mol. The van der Waals surface area contributed by atoms with Crippen molar-refractivity contribution in [3.8, 4) is 0 Å². The third-order valence-electron chi connectivity index (χ3n) is 2.17. The molecule has 2 heteroatoms.